The van der Waals surface area contributed by atoms with Crippen molar-refractivity contribution in [2.75, 3.05) is 6.54 Å². The Kier molecular flexibility index (Phi) is 5.36. The number of carbonyl (C=O) groups is 2. The Hall–Kier alpha value is -2.37. The zero-order valence-corrected chi connectivity index (χ0v) is 14.1. The summed E-state index contributed by atoms with van der Waals surface area (Å²) in [6, 6.07) is 7.39. The highest BCUT2D eigenvalue weighted by Gasteiger charge is 2.20. The predicted molar refractivity (Wildman–Crippen MR) is 89.8 cm³/mol. The third-order valence-electron chi connectivity index (χ3n) is 3.63. The molecule has 0 saturated carbocycles. The van der Waals surface area contributed by atoms with Gasteiger partial charge in [0.1, 0.15) is 12.4 Å². The van der Waals surface area contributed by atoms with E-state index < -0.39 is 0 Å². The van der Waals surface area contributed by atoms with Gasteiger partial charge in [0, 0.05) is 12.5 Å². The number of nitrogens with zero attached hydrogens (tertiary/aromatic N) is 2. The van der Waals surface area contributed by atoms with Crippen LogP contribution in [-0.2, 0) is 16.1 Å². The van der Waals surface area contributed by atoms with E-state index in [9.17, 15) is 9.59 Å². The Morgan fingerprint density at radius 2 is 1.91 bits per heavy atom. The average Bonchev–Trinajstić information content (AvgIpc) is 2.86. The molecule has 0 spiro atoms. The van der Waals surface area contributed by atoms with Crippen LogP contribution in [0.5, 0.6) is 0 Å². The molecule has 23 heavy (non-hydrogen) atoms. The normalized spacial score (nSPS) is 12.4. The molecule has 6 nitrogen and oxygen atoms in total. The van der Waals surface area contributed by atoms with Crippen LogP contribution in [-0.4, -0.2) is 27.9 Å². The average molecular weight is 316 g/mol. The fraction of sp³-hybridized carbons (Fsp3) is 0.471. The number of para-hydroxylation sites is 2. The van der Waals surface area contributed by atoms with Crippen molar-refractivity contribution in [3.05, 3.63) is 30.1 Å². The van der Waals surface area contributed by atoms with Crippen molar-refractivity contribution in [1.82, 2.24) is 20.2 Å². The van der Waals surface area contributed by atoms with Gasteiger partial charge in [0.2, 0.25) is 11.8 Å². The molecule has 2 aromatic rings. The minimum atomic E-state index is -0.272. The molecule has 1 aromatic carbocycles. The standard InChI is InChI=1S/C17H24N4O2/c1-5-18-15(22)10-21-14-9-7-6-8-13(14)20-16(21)12(4)19-17(23)11(2)3/h6-9,11-12H,5,10H2,1-4H3,(H,18,22)(H,19,23). The van der Waals surface area contributed by atoms with E-state index in [1.807, 2.05) is 56.5 Å². The van der Waals surface area contributed by atoms with E-state index in [2.05, 4.69) is 15.6 Å². The van der Waals surface area contributed by atoms with Crippen molar-refractivity contribution >= 4 is 22.8 Å². The highest BCUT2D eigenvalue weighted by atomic mass is 16.2. The van der Waals surface area contributed by atoms with E-state index in [-0.39, 0.29) is 30.3 Å². The number of aromatic nitrogens is 2. The molecule has 0 aliphatic carbocycles. The van der Waals surface area contributed by atoms with Gasteiger partial charge in [-0.15, -0.1) is 0 Å². The molecule has 1 atom stereocenters. The van der Waals surface area contributed by atoms with Crippen molar-refractivity contribution in [2.24, 2.45) is 5.92 Å². The molecule has 2 amide bonds. The van der Waals surface area contributed by atoms with Crippen LogP contribution in [0.3, 0.4) is 0 Å². The number of amides is 2. The zero-order valence-electron chi connectivity index (χ0n) is 14.1. The van der Waals surface area contributed by atoms with Crippen molar-refractivity contribution in [1.29, 1.82) is 0 Å². The lowest BCUT2D eigenvalue weighted by atomic mass is 10.2. The van der Waals surface area contributed by atoms with Crippen molar-refractivity contribution in [3.63, 3.8) is 0 Å². The van der Waals surface area contributed by atoms with E-state index in [0.29, 0.717) is 12.4 Å². The van der Waals surface area contributed by atoms with Crippen LogP contribution < -0.4 is 10.6 Å². The highest BCUT2D eigenvalue weighted by Crippen LogP contribution is 2.21. The van der Waals surface area contributed by atoms with Crippen molar-refractivity contribution < 1.29 is 9.59 Å². The summed E-state index contributed by atoms with van der Waals surface area (Å²) < 4.78 is 1.87. The number of hydrogen-bond acceptors (Lipinski definition) is 3. The third-order valence-corrected chi connectivity index (χ3v) is 3.63. The van der Waals surface area contributed by atoms with E-state index in [0.717, 1.165) is 11.0 Å². The molecule has 1 unspecified atom stereocenters. The van der Waals surface area contributed by atoms with E-state index in [1.54, 1.807) is 0 Å². The SMILES string of the molecule is CCNC(=O)Cn1c(C(C)NC(=O)C(C)C)nc2ccccc21. The monoisotopic (exact) mass is 316 g/mol. The molecule has 2 N–H and O–H groups in total. The van der Waals surface area contributed by atoms with E-state index in [4.69, 9.17) is 0 Å². The Labute approximate surface area is 136 Å². The number of imidazole rings is 1. The molecule has 0 fully saturated rings. The van der Waals surface area contributed by atoms with Gasteiger partial charge in [0.05, 0.1) is 17.1 Å². The minimum absolute atomic E-state index is 0.0332. The molecule has 0 aliphatic heterocycles. The van der Waals surface area contributed by atoms with Gasteiger partial charge in [-0.3, -0.25) is 9.59 Å². The number of rotatable bonds is 6. The first-order chi connectivity index (χ1) is 10.9. The summed E-state index contributed by atoms with van der Waals surface area (Å²) in [5.74, 6) is 0.485. The maximum atomic E-state index is 12.0. The highest BCUT2D eigenvalue weighted by molar-refractivity contribution is 5.82. The Morgan fingerprint density at radius 1 is 1.22 bits per heavy atom. The first-order valence-electron chi connectivity index (χ1n) is 7.96. The van der Waals surface area contributed by atoms with Gasteiger partial charge in [0.25, 0.3) is 0 Å². The van der Waals surface area contributed by atoms with Gasteiger partial charge in [-0.05, 0) is 26.0 Å². The number of likely N-dealkylation sites (N-methyl/N-ethyl adjacent to an activating group) is 1. The van der Waals surface area contributed by atoms with Gasteiger partial charge < -0.3 is 15.2 Å². The summed E-state index contributed by atoms with van der Waals surface area (Å²) in [6.45, 7) is 8.23. The second-order valence-corrected chi connectivity index (χ2v) is 5.88. The number of carbonyl (C=O) groups excluding carboxylic acids is 2. The summed E-state index contributed by atoms with van der Waals surface area (Å²) in [7, 11) is 0. The van der Waals surface area contributed by atoms with E-state index in [1.165, 1.54) is 0 Å². The number of hydrogen-bond donors (Lipinski definition) is 2. The van der Waals surface area contributed by atoms with Gasteiger partial charge in [-0.1, -0.05) is 26.0 Å². The minimum Gasteiger partial charge on any atom is -0.355 e. The van der Waals surface area contributed by atoms with Gasteiger partial charge >= 0.3 is 0 Å². The largest absolute Gasteiger partial charge is 0.355 e. The predicted octanol–water partition coefficient (Wildman–Crippen LogP) is 2.01. The summed E-state index contributed by atoms with van der Waals surface area (Å²) >= 11 is 0. The van der Waals surface area contributed by atoms with Crippen LogP contribution in [0.25, 0.3) is 11.0 Å². The summed E-state index contributed by atoms with van der Waals surface area (Å²) in [5, 5.41) is 5.75. The first-order valence-corrected chi connectivity index (χ1v) is 7.96. The van der Waals surface area contributed by atoms with Gasteiger partial charge in [-0.25, -0.2) is 4.98 Å². The van der Waals surface area contributed by atoms with Gasteiger partial charge in [0.15, 0.2) is 0 Å². The molecule has 6 heteroatoms. The fourth-order valence-corrected chi connectivity index (χ4v) is 2.43. The number of fused-ring (bicyclic) bond motifs is 1. The second-order valence-electron chi connectivity index (χ2n) is 5.88. The van der Waals surface area contributed by atoms with Crippen LogP contribution in [0.15, 0.2) is 24.3 Å². The maximum Gasteiger partial charge on any atom is 0.239 e. The van der Waals surface area contributed by atoms with Crippen molar-refractivity contribution in [2.45, 2.75) is 40.3 Å². The molecule has 0 bridgehead atoms. The summed E-state index contributed by atoms with van der Waals surface area (Å²) in [6.07, 6.45) is 0. The molecule has 124 valence electrons. The maximum absolute atomic E-state index is 12.0. The summed E-state index contributed by atoms with van der Waals surface area (Å²) in [5.41, 5.74) is 1.71. The molecule has 0 radical (unpaired) electrons. The lowest BCUT2D eigenvalue weighted by Gasteiger charge is -2.17. The molecular weight excluding hydrogens is 292 g/mol. The molecule has 0 aliphatic rings. The molecular formula is C17H24N4O2. The number of nitrogens with one attached hydrogen (secondary N) is 2. The molecule has 1 aromatic heterocycles. The van der Waals surface area contributed by atoms with Gasteiger partial charge in [-0.2, -0.15) is 0 Å². The first kappa shape index (κ1) is 17.0. The van der Waals surface area contributed by atoms with Crippen LogP contribution in [0.4, 0.5) is 0 Å². The Bertz CT molecular complexity index is 706. The quantitative estimate of drug-likeness (QED) is 0.856. The second kappa shape index (κ2) is 7.26. The van der Waals surface area contributed by atoms with Crippen LogP contribution in [0.1, 0.15) is 39.6 Å². The number of benzene rings is 1. The topological polar surface area (TPSA) is 76.0 Å². The Morgan fingerprint density at radius 3 is 2.57 bits per heavy atom. The molecule has 0 saturated heterocycles. The zero-order chi connectivity index (χ0) is 17.0. The van der Waals surface area contributed by atoms with Crippen LogP contribution in [0.2, 0.25) is 0 Å². The smallest absolute Gasteiger partial charge is 0.239 e. The molecule has 1 heterocycles. The van der Waals surface area contributed by atoms with Crippen LogP contribution >= 0.6 is 0 Å². The Balaban J connectivity index is 2.37. The van der Waals surface area contributed by atoms with E-state index >= 15 is 0 Å². The van der Waals surface area contributed by atoms with Crippen molar-refractivity contribution in [3.8, 4) is 0 Å². The lowest BCUT2D eigenvalue weighted by Crippen LogP contribution is -2.33. The molecule has 2 rings (SSSR count). The fourth-order valence-electron chi connectivity index (χ4n) is 2.43. The third kappa shape index (κ3) is 3.88. The lowest BCUT2D eigenvalue weighted by molar-refractivity contribution is -0.124. The van der Waals surface area contributed by atoms with Crippen LogP contribution in [0, 0.1) is 5.92 Å². The summed E-state index contributed by atoms with van der Waals surface area (Å²) in [4.78, 5) is 28.6.